The topological polar surface area (TPSA) is 41.3 Å². The first-order valence-corrected chi connectivity index (χ1v) is 8.83. The second kappa shape index (κ2) is 8.95. The van der Waals surface area contributed by atoms with Crippen LogP contribution in [0.15, 0.2) is 73.0 Å². The Bertz CT molecular complexity index is 814. The van der Waals surface area contributed by atoms with Gasteiger partial charge in [-0.25, -0.2) is 0 Å². The van der Waals surface area contributed by atoms with Crippen molar-refractivity contribution < 1.29 is 0 Å². The van der Waals surface area contributed by atoms with Crippen LogP contribution in [0, 0.1) is 13.8 Å². The Balaban J connectivity index is 2.34. The number of nitrogens with one attached hydrogen (secondary N) is 1. The van der Waals surface area contributed by atoms with E-state index in [1.54, 1.807) is 0 Å². The Morgan fingerprint density at radius 3 is 2.46 bits per heavy atom. The van der Waals surface area contributed by atoms with Crippen molar-refractivity contribution in [1.82, 2.24) is 5.32 Å². The van der Waals surface area contributed by atoms with Gasteiger partial charge in [0, 0.05) is 36.4 Å². The van der Waals surface area contributed by atoms with Crippen LogP contribution >= 0.6 is 0 Å². The number of nitrogens with two attached hydrogens (primary N) is 1. The zero-order valence-electron chi connectivity index (χ0n) is 16.2. The van der Waals surface area contributed by atoms with Crippen molar-refractivity contribution in [2.75, 3.05) is 24.2 Å². The van der Waals surface area contributed by atoms with Gasteiger partial charge in [0.15, 0.2) is 0 Å². The van der Waals surface area contributed by atoms with E-state index in [-0.39, 0.29) is 0 Å². The molecule has 3 nitrogen and oxygen atoms in total. The van der Waals surface area contributed by atoms with Crippen LogP contribution in [0.3, 0.4) is 0 Å². The molecule has 0 spiro atoms. The fourth-order valence-electron chi connectivity index (χ4n) is 2.70. The van der Waals surface area contributed by atoms with Crippen LogP contribution in [0.25, 0.3) is 5.70 Å². The Morgan fingerprint density at radius 2 is 1.85 bits per heavy atom. The van der Waals surface area contributed by atoms with Crippen LogP contribution in [0.5, 0.6) is 0 Å². The van der Waals surface area contributed by atoms with Gasteiger partial charge in [0.2, 0.25) is 0 Å². The highest BCUT2D eigenvalue weighted by atomic mass is 15.1. The molecule has 3 N–H and O–H groups in total. The maximum atomic E-state index is 5.93. The van der Waals surface area contributed by atoms with Gasteiger partial charge in [0.1, 0.15) is 0 Å². The van der Waals surface area contributed by atoms with E-state index in [0.29, 0.717) is 0 Å². The number of hydrogen-bond donors (Lipinski definition) is 2. The van der Waals surface area contributed by atoms with E-state index in [1.807, 2.05) is 26.1 Å². The first kappa shape index (κ1) is 19.4. The maximum Gasteiger partial charge on any atom is 0.0444 e. The molecule has 0 radical (unpaired) electrons. The summed E-state index contributed by atoms with van der Waals surface area (Å²) in [5, 5.41) is 3.12. The minimum atomic E-state index is 0.727. The Kier molecular flexibility index (Phi) is 6.67. The van der Waals surface area contributed by atoms with Gasteiger partial charge in [-0.1, -0.05) is 48.6 Å². The number of benzene rings is 2. The molecule has 0 bridgehead atoms. The molecular weight excluding hydrogens is 318 g/mol. The number of allylic oxidation sites excluding steroid dienone is 3. The van der Waals surface area contributed by atoms with Crippen LogP contribution in [0.4, 0.5) is 11.4 Å². The molecule has 0 saturated heterocycles. The third-order valence-corrected chi connectivity index (χ3v) is 4.39. The van der Waals surface area contributed by atoms with Crippen molar-refractivity contribution in [3.63, 3.8) is 0 Å². The predicted octanol–water partition coefficient (Wildman–Crippen LogP) is 5.04. The molecule has 0 aromatic heterocycles. The van der Waals surface area contributed by atoms with E-state index < -0.39 is 0 Å². The van der Waals surface area contributed by atoms with E-state index in [0.717, 1.165) is 40.4 Å². The summed E-state index contributed by atoms with van der Waals surface area (Å²) in [6.45, 7) is 11.3. The normalized spacial score (nSPS) is 11.6. The number of nitrogen functional groups attached to an aromatic ring is 1. The number of anilines is 2. The van der Waals surface area contributed by atoms with E-state index in [4.69, 9.17) is 5.73 Å². The highest BCUT2D eigenvalue weighted by molar-refractivity contribution is 5.80. The Labute approximate surface area is 157 Å². The van der Waals surface area contributed by atoms with Gasteiger partial charge >= 0.3 is 0 Å². The lowest BCUT2D eigenvalue weighted by atomic mass is 10.1. The van der Waals surface area contributed by atoms with Crippen LogP contribution in [-0.2, 0) is 0 Å². The van der Waals surface area contributed by atoms with E-state index in [1.165, 1.54) is 5.56 Å². The van der Waals surface area contributed by atoms with Crippen molar-refractivity contribution in [1.29, 1.82) is 0 Å². The third kappa shape index (κ3) is 5.03. The highest BCUT2D eigenvalue weighted by Gasteiger charge is 2.13. The molecule has 2 aromatic rings. The lowest BCUT2D eigenvalue weighted by Crippen LogP contribution is -2.22. The standard InChI is InChI=1S/C23H29N3/c1-17-9-11-21(12-10-17)20(4)26(15-7-6-8-19(3)25-5)23-14-13-22(24)16-18(23)2/h6-14,16,25H,4,15,24H2,1-3,5H3/b7-6-,19-8+. The van der Waals surface area contributed by atoms with E-state index in [2.05, 4.69) is 79.2 Å². The summed E-state index contributed by atoms with van der Waals surface area (Å²) in [4.78, 5) is 2.22. The number of aryl methyl sites for hydroxylation is 2. The molecule has 0 atom stereocenters. The second-order valence-electron chi connectivity index (χ2n) is 6.50. The van der Waals surface area contributed by atoms with Gasteiger partial charge < -0.3 is 16.0 Å². The van der Waals surface area contributed by atoms with E-state index >= 15 is 0 Å². The molecule has 0 amide bonds. The van der Waals surface area contributed by atoms with E-state index in [9.17, 15) is 0 Å². The second-order valence-corrected chi connectivity index (χ2v) is 6.50. The molecule has 0 heterocycles. The summed E-state index contributed by atoms with van der Waals surface area (Å²) in [5.74, 6) is 0. The average molecular weight is 348 g/mol. The summed E-state index contributed by atoms with van der Waals surface area (Å²) in [7, 11) is 1.92. The molecule has 0 unspecified atom stereocenters. The molecule has 2 aromatic carbocycles. The number of hydrogen-bond acceptors (Lipinski definition) is 3. The van der Waals surface area contributed by atoms with Gasteiger partial charge in [-0.2, -0.15) is 0 Å². The molecule has 0 aliphatic carbocycles. The highest BCUT2D eigenvalue weighted by Crippen LogP contribution is 2.29. The minimum absolute atomic E-state index is 0.727. The molecule has 0 aliphatic rings. The van der Waals surface area contributed by atoms with Crippen LogP contribution in [-0.4, -0.2) is 13.6 Å². The van der Waals surface area contributed by atoms with Crippen molar-refractivity contribution in [3.8, 4) is 0 Å². The Hall–Kier alpha value is -2.94. The molecule has 2 rings (SSSR count). The quantitative estimate of drug-likeness (QED) is 0.544. The van der Waals surface area contributed by atoms with Crippen molar-refractivity contribution in [3.05, 3.63) is 89.7 Å². The Morgan fingerprint density at radius 1 is 1.15 bits per heavy atom. The molecule has 0 aliphatic heterocycles. The van der Waals surface area contributed by atoms with Crippen LogP contribution in [0.1, 0.15) is 23.6 Å². The first-order chi connectivity index (χ1) is 12.4. The van der Waals surface area contributed by atoms with Gasteiger partial charge in [-0.3, -0.25) is 0 Å². The summed E-state index contributed by atoms with van der Waals surface area (Å²) >= 11 is 0. The number of nitrogens with zero attached hydrogens (tertiary/aromatic N) is 1. The third-order valence-electron chi connectivity index (χ3n) is 4.39. The van der Waals surface area contributed by atoms with Crippen molar-refractivity contribution in [2.24, 2.45) is 0 Å². The smallest absolute Gasteiger partial charge is 0.0444 e. The molecule has 0 fully saturated rings. The predicted molar refractivity (Wildman–Crippen MR) is 115 cm³/mol. The summed E-state index contributed by atoms with van der Waals surface area (Å²) in [6.07, 6.45) is 6.26. The van der Waals surface area contributed by atoms with Crippen molar-refractivity contribution >= 4 is 17.1 Å². The SMILES string of the molecule is C=C(c1ccc(C)cc1)N(C/C=C\C=C(/C)NC)c1ccc(N)cc1C. The average Bonchev–Trinajstić information content (AvgIpc) is 2.62. The van der Waals surface area contributed by atoms with Gasteiger partial charge in [-0.15, -0.1) is 0 Å². The van der Waals surface area contributed by atoms with Gasteiger partial charge in [-0.05, 0) is 56.2 Å². The molecular formula is C23H29N3. The summed E-state index contributed by atoms with van der Waals surface area (Å²) in [5.41, 5.74) is 13.4. The zero-order chi connectivity index (χ0) is 19.1. The van der Waals surface area contributed by atoms with Gasteiger partial charge in [0.05, 0.1) is 0 Å². The summed E-state index contributed by atoms with van der Waals surface area (Å²) < 4.78 is 0. The minimum Gasteiger partial charge on any atom is -0.399 e. The monoisotopic (exact) mass is 347 g/mol. The van der Waals surface area contributed by atoms with Crippen molar-refractivity contribution in [2.45, 2.75) is 20.8 Å². The number of rotatable bonds is 7. The lowest BCUT2D eigenvalue weighted by Gasteiger charge is -2.28. The van der Waals surface area contributed by atoms with Crippen LogP contribution in [0.2, 0.25) is 0 Å². The summed E-state index contributed by atoms with van der Waals surface area (Å²) in [6, 6.07) is 14.5. The fraction of sp³-hybridized carbons (Fsp3) is 0.217. The first-order valence-electron chi connectivity index (χ1n) is 8.83. The molecule has 0 saturated carbocycles. The fourth-order valence-corrected chi connectivity index (χ4v) is 2.70. The lowest BCUT2D eigenvalue weighted by molar-refractivity contribution is 0.990. The van der Waals surface area contributed by atoms with Crippen LogP contribution < -0.4 is 16.0 Å². The largest absolute Gasteiger partial charge is 0.399 e. The molecule has 26 heavy (non-hydrogen) atoms. The molecule has 3 heteroatoms. The molecule has 136 valence electrons. The maximum absolute atomic E-state index is 5.93. The zero-order valence-corrected chi connectivity index (χ0v) is 16.2. The van der Waals surface area contributed by atoms with Gasteiger partial charge in [0.25, 0.3) is 0 Å².